The second kappa shape index (κ2) is 5.83. The lowest BCUT2D eigenvalue weighted by molar-refractivity contribution is 0.408. The summed E-state index contributed by atoms with van der Waals surface area (Å²) in [7, 11) is 1.50. The van der Waals surface area contributed by atoms with E-state index in [-0.39, 0.29) is 10.7 Å². The van der Waals surface area contributed by atoms with Crippen LogP contribution >= 0.6 is 12.2 Å². The minimum atomic E-state index is -0.998. The van der Waals surface area contributed by atoms with Crippen molar-refractivity contribution in [2.75, 3.05) is 7.11 Å². The Morgan fingerprint density at radius 1 is 1.05 bits per heavy atom. The fraction of sp³-hybridized carbons (Fsp3) is 0.0714. The minimum Gasteiger partial charge on any atom is -0.497 e. The maximum atomic E-state index is 13.2. The number of ether oxygens (including phenoxy) is 2. The van der Waals surface area contributed by atoms with Crippen LogP contribution in [0.3, 0.4) is 0 Å². The maximum Gasteiger partial charge on any atom is 0.162 e. The Morgan fingerprint density at radius 2 is 1.75 bits per heavy atom. The Balaban J connectivity index is 2.40. The summed E-state index contributed by atoms with van der Waals surface area (Å²) in [5, 5.41) is 0. The second-order valence-corrected chi connectivity index (χ2v) is 4.34. The molecule has 104 valence electrons. The van der Waals surface area contributed by atoms with Crippen molar-refractivity contribution in [3.63, 3.8) is 0 Å². The van der Waals surface area contributed by atoms with Gasteiger partial charge in [0.15, 0.2) is 11.6 Å². The highest BCUT2D eigenvalue weighted by Crippen LogP contribution is 2.30. The van der Waals surface area contributed by atoms with E-state index in [9.17, 15) is 8.78 Å². The summed E-state index contributed by atoms with van der Waals surface area (Å²) in [6.45, 7) is 0. The third kappa shape index (κ3) is 3.03. The zero-order chi connectivity index (χ0) is 14.7. The molecule has 0 fully saturated rings. The van der Waals surface area contributed by atoms with Crippen molar-refractivity contribution < 1.29 is 18.3 Å². The first kappa shape index (κ1) is 14.2. The fourth-order valence-corrected chi connectivity index (χ4v) is 1.75. The molecule has 0 heterocycles. The Kier molecular flexibility index (Phi) is 4.14. The first-order chi connectivity index (χ1) is 9.51. The van der Waals surface area contributed by atoms with Gasteiger partial charge in [-0.3, -0.25) is 0 Å². The molecule has 0 radical (unpaired) electrons. The van der Waals surface area contributed by atoms with Crippen LogP contribution in [0.5, 0.6) is 17.2 Å². The van der Waals surface area contributed by atoms with Crippen molar-refractivity contribution in [2.24, 2.45) is 5.73 Å². The van der Waals surface area contributed by atoms with Gasteiger partial charge in [0.25, 0.3) is 0 Å². The summed E-state index contributed by atoms with van der Waals surface area (Å²) >= 11 is 4.91. The van der Waals surface area contributed by atoms with Crippen molar-refractivity contribution in [2.45, 2.75) is 0 Å². The Hall–Kier alpha value is -2.21. The molecule has 0 amide bonds. The first-order valence-corrected chi connectivity index (χ1v) is 6.03. The molecule has 0 aromatic heterocycles. The van der Waals surface area contributed by atoms with Gasteiger partial charge in [0.1, 0.15) is 22.2 Å². The highest BCUT2D eigenvalue weighted by Gasteiger charge is 2.11. The summed E-state index contributed by atoms with van der Waals surface area (Å²) in [5.41, 5.74) is 6.07. The molecule has 0 bridgehead atoms. The van der Waals surface area contributed by atoms with E-state index < -0.39 is 11.6 Å². The van der Waals surface area contributed by atoms with Gasteiger partial charge in [-0.1, -0.05) is 12.2 Å². The molecule has 2 rings (SSSR count). The van der Waals surface area contributed by atoms with E-state index in [1.165, 1.54) is 13.2 Å². The van der Waals surface area contributed by atoms with Gasteiger partial charge >= 0.3 is 0 Å². The van der Waals surface area contributed by atoms with Crippen LogP contribution in [0.4, 0.5) is 8.78 Å². The van der Waals surface area contributed by atoms with E-state index >= 15 is 0 Å². The number of benzene rings is 2. The lowest BCUT2D eigenvalue weighted by atomic mass is 10.2. The van der Waals surface area contributed by atoms with Crippen LogP contribution in [0.15, 0.2) is 36.4 Å². The summed E-state index contributed by atoms with van der Waals surface area (Å²) < 4.78 is 36.6. The van der Waals surface area contributed by atoms with Crippen LogP contribution in [0.1, 0.15) is 5.56 Å². The molecule has 2 aromatic rings. The normalized spacial score (nSPS) is 10.2. The average Bonchev–Trinajstić information content (AvgIpc) is 2.42. The predicted molar refractivity (Wildman–Crippen MR) is 75.3 cm³/mol. The van der Waals surface area contributed by atoms with E-state index in [1.54, 1.807) is 18.2 Å². The number of hydrogen-bond donors (Lipinski definition) is 1. The van der Waals surface area contributed by atoms with Crippen LogP contribution in [0.2, 0.25) is 0 Å². The third-order valence-electron chi connectivity index (χ3n) is 2.57. The molecule has 3 nitrogen and oxygen atoms in total. The van der Waals surface area contributed by atoms with Crippen molar-refractivity contribution in [1.82, 2.24) is 0 Å². The zero-order valence-electron chi connectivity index (χ0n) is 10.5. The van der Waals surface area contributed by atoms with Gasteiger partial charge in [-0.15, -0.1) is 0 Å². The third-order valence-corrected chi connectivity index (χ3v) is 2.79. The summed E-state index contributed by atoms with van der Waals surface area (Å²) in [5.74, 6) is -0.972. The van der Waals surface area contributed by atoms with E-state index in [0.717, 1.165) is 12.1 Å². The number of thiocarbonyl (C=S) groups is 1. The Morgan fingerprint density at radius 3 is 2.35 bits per heavy atom. The average molecular weight is 295 g/mol. The smallest absolute Gasteiger partial charge is 0.162 e. The van der Waals surface area contributed by atoms with Crippen molar-refractivity contribution >= 4 is 17.2 Å². The molecular weight excluding hydrogens is 284 g/mol. The monoisotopic (exact) mass is 295 g/mol. The molecule has 0 aliphatic rings. The quantitative estimate of drug-likeness (QED) is 0.878. The van der Waals surface area contributed by atoms with Gasteiger partial charge in [-0.05, 0) is 24.3 Å². The first-order valence-electron chi connectivity index (χ1n) is 5.62. The van der Waals surface area contributed by atoms with Crippen molar-refractivity contribution in [3.05, 3.63) is 53.6 Å². The lowest BCUT2D eigenvalue weighted by Crippen LogP contribution is -2.10. The maximum absolute atomic E-state index is 13.2. The summed E-state index contributed by atoms with van der Waals surface area (Å²) in [6, 6.07) is 8.10. The molecule has 0 unspecified atom stereocenters. The number of nitrogens with two attached hydrogens (primary N) is 1. The predicted octanol–water partition coefficient (Wildman–Crippen LogP) is 3.40. The molecule has 0 saturated heterocycles. The van der Waals surface area contributed by atoms with Crippen molar-refractivity contribution in [1.29, 1.82) is 0 Å². The standard InChI is InChI=1S/C14H11F2NO2S/c1-18-8-2-4-10(14(17)20)13(7-8)19-9-3-5-11(15)12(16)6-9/h2-7H,1H3,(H2,17,20). The highest BCUT2D eigenvalue weighted by molar-refractivity contribution is 7.80. The Bertz CT molecular complexity index is 662. The largest absolute Gasteiger partial charge is 0.497 e. The summed E-state index contributed by atoms with van der Waals surface area (Å²) in [4.78, 5) is 0.130. The van der Waals surface area contributed by atoms with E-state index in [0.29, 0.717) is 17.1 Å². The van der Waals surface area contributed by atoms with E-state index in [2.05, 4.69) is 0 Å². The number of hydrogen-bond acceptors (Lipinski definition) is 3. The van der Waals surface area contributed by atoms with Gasteiger partial charge in [0, 0.05) is 12.1 Å². The van der Waals surface area contributed by atoms with Crippen LogP contribution < -0.4 is 15.2 Å². The molecule has 0 spiro atoms. The second-order valence-electron chi connectivity index (χ2n) is 3.90. The van der Waals surface area contributed by atoms with E-state index in [4.69, 9.17) is 27.4 Å². The molecule has 0 saturated carbocycles. The van der Waals surface area contributed by atoms with E-state index in [1.807, 2.05) is 0 Å². The van der Waals surface area contributed by atoms with Crippen LogP contribution in [0.25, 0.3) is 0 Å². The van der Waals surface area contributed by atoms with Crippen LogP contribution in [0, 0.1) is 11.6 Å². The molecule has 0 atom stereocenters. The number of rotatable bonds is 4. The van der Waals surface area contributed by atoms with Crippen LogP contribution in [-0.4, -0.2) is 12.1 Å². The topological polar surface area (TPSA) is 44.5 Å². The lowest BCUT2D eigenvalue weighted by Gasteiger charge is -2.12. The molecule has 2 N–H and O–H groups in total. The van der Waals surface area contributed by atoms with Gasteiger partial charge in [-0.25, -0.2) is 8.78 Å². The minimum absolute atomic E-state index is 0.130. The van der Waals surface area contributed by atoms with Gasteiger partial charge < -0.3 is 15.2 Å². The number of halogens is 2. The molecule has 0 aliphatic heterocycles. The molecular formula is C14H11F2NO2S. The van der Waals surface area contributed by atoms with Gasteiger partial charge in [0.2, 0.25) is 0 Å². The molecule has 0 aliphatic carbocycles. The zero-order valence-corrected chi connectivity index (χ0v) is 11.3. The van der Waals surface area contributed by atoms with Gasteiger partial charge in [-0.2, -0.15) is 0 Å². The summed E-state index contributed by atoms with van der Waals surface area (Å²) in [6.07, 6.45) is 0. The molecule has 20 heavy (non-hydrogen) atoms. The molecule has 2 aromatic carbocycles. The SMILES string of the molecule is COc1ccc(C(N)=S)c(Oc2ccc(F)c(F)c2)c1. The fourth-order valence-electron chi connectivity index (χ4n) is 1.58. The van der Waals surface area contributed by atoms with Crippen molar-refractivity contribution in [3.8, 4) is 17.2 Å². The highest BCUT2D eigenvalue weighted by atomic mass is 32.1. The van der Waals surface area contributed by atoms with Gasteiger partial charge in [0.05, 0.1) is 12.7 Å². The molecule has 6 heteroatoms. The van der Waals surface area contributed by atoms with Crippen LogP contribution in [-0.2, 0) is 0 Å². The Labute approximate surface area is 119 Å². The number of methoxy groups -OCH3 is 1.